The van der Waals surface area contributed by atoms with Crippen molar-refractivity contribution in [3.63, 3.8) is 0 Å². The second-order valence-corrected chi connectivity index (χ2v) is 12.0. The normalized spacial score (nSPS) is 12.8. The highest BCUT2D eigenvalue weighted by molar-refractivity contribution is 8.32. The zero-order valence-corrected chi connectivity index (χ0v) is 20.1. The van der Waals surface area contributed by atoms with Crippen molar-refractivity contribution in [2.24, 2.45) is 0 Å². The molecule has 0 spiro atoms. The lowest BCUT2D eigenvalue weighted by molar-refractivity contribution is -0.137. The van der Waals surface area contributed by atoms with Crippen LogP contribution in [0.5, 0.6) is 5.75 Å². The van der Waals surface area contributed by atoms with E-state index in [0.29, 0.717) is 20.4 Å². The first kappa shape index (κ1) is 24.8. The molecular weight excluding hydrogens is 497 g/mol. The van der Waals surface area contributed by atoms with Crippen LogP contribution in [-0.2, 0) is 16.3 Å². The maximum Gasteiger partial charge on any atom is 0.422 e. The molecule has 0 radical (unpaired) electrons. The number of alkyl halides is 3. The molecule has 35 heavy (non-hydrogen) atoms. The second-order valence-electron chi connectivity index (χ2n) is 7.46. The Bertz CT molecular complexity index is 1350. The van der Waals surface area contributed by atoms with E-state index in [0.717, 1.165) is 24.3 Å². The minimum Gasteiger partial charge on any atom is -0.497 e. The molecule has 4 nitrogen and oxygen atoms in total. The van der Waals surface area contributed by atoms with Crippen molar-refractivity contribution in [3.8, 4) is 5.75 Å². The molecule has 4 aromatic rings. The van der Waals surface area contributed by atoms with Gasteiger partial charge in [0.15, 0.2) is 0 Å². The quantitative estimate of drug-likeness (QED) is 0.189. The van der Waals surface area contributed by atoms with Gasteiger partial charge < -0.3 is 4.74 Å². The van der Waals surface area contributed by atoms with E-state index >= 15 is 0 Å². The summed E-state index contributed by atoms with van der Waals surface area (Å²) in [5.41, 5.74) is -0.936. The van der Waals surface area contributed by atoms with Gasteiger partial charge in [-0.3, -0.25) is 3.63 Å². The Labute approximate surface area is 203 Å². The molecule has 4 rings (SSSR count). The molecule has 0 aliphatic rings. The lowest BCUT2D eigenvalue weighted by Crippen LogP contribution is -2.19. The van der Waals surface area contributed by atoms with E-state index in [-0.39, 0.29) is 4.90 Å². The van der Waals surface area contributed by atoms with Gasteiger partial charge in [0, 0.05) is 0 Å². The van der Waals surface area contributed by atoms with Gasteiger partial charge in [-0.15, -0.1) is 8.42 Å². The Morgan fingerprint density at radius 1 is 0.657 bits per heavy atom. The summed E-state index contributed by atoms with van der Waals surface area (Å²) in [4.78, 5) is 1.58. The number of methoxy groups -OCH3 is 1. The summed E-state index contributed by atoms with van der Waals surface area (Å²) in [5, 5.41) is 0. The largest absolute Gasteiger partial charge is 0.497 e. The van der Waals surface area contributed by atoms with Crippen LogP contribution in [0, 0.1) is 0 Å². The molecule has 0 aliphatic carbocycles. The van der Waals surface area contributed by atoms with E-state index < -0.39 is 32.2 Å². The summed E-state index contributed by atoms with van der Waals surface area (Å²) in [6, 6.07) is 28.4. The molecular formula is C26H22F3O4S2+. The highest BCUT2D eigenvalue weighted by Crippen LogP contribution is 2.68. The maximum atomic E-state index is 13.6. The average molecular weight is 520 g/mol. The molecule has 0 aromatic heterocycles. The fraction of sp³-hybridized carbons (Fsp3) is 0.0769. The first-order valence-corrected chi connectivity index (χ1v) is 13.4. The van der Waals surface area contributed by atoms with Crippen LogP contribution in [0.15, 0.2) is 129 Å². The topological polar surface area (TPSA) is 56.2 Å². The number of hydrogen-bond donors (Lipinski definition) is 0. The SMILES string of the molecule is COc1cccc(S([OH+]S(=O)(=O)c2ccc(C(F)(F)F)cc2)(c2ccccc2)c2ccccc2)c1. The molecule has 4 aromatic carbocycles. The molecule has 1 N–H and O–H groups in total. The van der Waals surface area contributed by atoms with E-state index in [1.54, 1.807) is 72.8 Å². The van der Waals surface area contributed by atoms with Crippen molar-refractivity contribution in [1.29, 1.82) is 0 Å². The number of halogens is 3. The molecule has 0 unspecified atom stereocenters. The lowest BCUT2D eigenvalue weighted by atomic mass is 10.2. The van der Waals surface area contributed by atoms with Crippen LogP contribution < -0.4 is 4.74 Å². The van der Waals surface area contributed by atoms with Crippen LogP contribution in [0.3, 0.4) is 0 Å². The van der Waals surface area contributed by atoms with Gasteiger partial charge >= 0.3 is 16.3 Å². The molecule has 9 heteroatoms. The van der Waals surface area contributed by atoms with Gasteiger partial charge in [-0.05, 0) is 66.7 Å². The van der Waals surface area contributed by atoms with Crippen molar-refractivity contribution in [1.82, 2.24) is 0 Å². The zero-order valence-electron chi connectivity index (χ0n) is 18.5. The standard InChI is InChI=1S/C26H21F3O4S2/c1-32-21-9-8-14-25(19-21)34(22-10-4-2-5-11-22,23-12-6-3-7-13-23)33-35(30,31)24-17-15-20(16-18-24)26(27,28)29/h2-19H,1H3/p+1. The summed E-state index contributed by atoms with van der Waals surface area (Å²) >= 11 is 0. The summed E-state index contributed by atoms with van der Waals surface area (Å²) in [6.45, 7) is 0. The van der Waals surface area contributed by atoms with Crippen LogP contribution in [0.25, 0.3) is 0 Å². The van der Waals surface area contributed by atoms with Crippen LogP contribution >= 0.6 is 10.3 Å². The van der Waals surface area contributed by atoms with Crippen molar-refractivity contribution in [2.45, 2.75) is 25.8 Å². The average Bonchev–Trinajstić information content (AvgIpc) is 2.88. The molecule has 0 aliphatic heterocycles. The first-order chi connectivity index (χ1) is 16.7. The minimum atomic E-state index is -4.58. The molecule has 0 atom stereocenters. The van der Waals surface area contributed by atoms with E-state index in [4.69, 9.17) is 4.74 Å². The summed E-state index contributed by atoms with van der Waals surface area (Å²) in [6.07, 6.45) is -4.58. The predicted octanol–water partition coefficient (Wildman–Crippen LogP) is 7.39. The Morgan fingerprint density at radius 3 is 1.66 bits per heavy atom. The molecule has 0 fully saturated rings. The molecule has 0 saturated heterocycles. The fourth-order valence-corrected chi connectivity index (χ4v) is 9.08. The van der Waals surface area contributed by atoms with Gasteiger partial charge in [-0.1, -0.05) is 42.5 Å². The van der Waals surface area contributed by atoms with Crippen molar-refractivity contribution < 1.29 is 30.0 Å². The molecule has 182 valence electrons. The second kappa shape index (κ2) is 9.77. The molecule has 0 amide bonds. The number of hydrogen-bond acceptors (Lipinski definition) is 3. The Hall–Kier alpha value is -3.27. The van der Waals surface area contributed by atoms with Crippen molar-refractivity contribution in [2.75, 3.05) is 7.11 Å². The Morgan fingerprint density at radius 2 is 1.17 bits per heavy atom. The highest BCUT2D eigenvalue weighted by Gasteiger charge is 2.44. The monoisotopic (exact) mass is 519 g/mol. The van der Waals surface area contributed by atoms with Crippen LogP contribution in [0.4, 0.5) is 13.2 Å². The van der Waals surface area contributed by atoms with E-state index in [2.05, 4.69) is 3.63 Å². The van der Waals surface area contributed by atoms with E-state index in [1.165, 1.54) is 7.11 Å². The summed E-state index contributed by atoms with van der Waals surface area (Å²) in [5.74, 6) is 0.522. The van der Waals surface area contributed by atoms with Gasteiger partial charge in [0.25, 0.3) is 0 Å². The zero-order chi connectivity index (χ0) is 25.1. The summed E-state index contributed by atoms with van der Waals surface area (Å²) in [7, 11) is -5.65. The van der Waals surface area contributed by atoms with Gasteiger partial charge in [0.2, 0.25) is 0 Å². The van der Waals surface area contributed by atoms with Gasteiger partial charge in [0.1, 0.15) is 10.6 Å². The van der Waals surface area contributed by atoms with Gasteiger partial charge in [0.05, 0.1) is 37.7 Å². The number of ether oxygens (including phenoxy) is 1. The van der Waals surface area contributed by atoms with Crippen molar-refractivity contribution >= 4 is 20.4 Å². The maximum absolute atomic E-state index is 13.6. The summed E-state index contributed by atoms with van der Waals surface area (Å²) < 4.78 is 76.3. The molecule has 0 saturated carbocycles. The van der Waals surface area contributed by atoms with Gasteiger partial charge in [-0.25, -0.2) is 0 Å². The lowest BCUT2D eigenvalue weighted by Gasteiger charge is -2.34. The highest BCUT2D eigenvalue weighted by atomic mass is 32.3. The predicted molar refractivity (Wildman–Crippen MR) is 130 cm³/mol. The van der Waals surface area contributed by atoms with Crippen LogP contribution in [-0.4, -0.2) is 19.2 Å². The minimum absolute atomic E-state index is 0.322. The smallest absolute Gasteiger partial charge is 0.422 e. The third-order valence-electron chi connectivity index (χ3n) is 5.24. The fourth-order valence-electron chi connectivity index (χ4n) is 3.56. The van der Waals surface area contributed by atoms with E-state index in [1.807, 2.05) is 12.1 Å². The Kier molecular flexibility index (Phi) is 6.93. The molecule has 0 heterocycles. The third-order valence-corrected chi connectivity index (χ3v) is 10.6. The molecule has 0 bridgehead atoms. The Balaban J connectivity index is 1.95. The third kappa shape index (κ3) is 5.07. The number of benzene rings is 4. The first-order valence-electron chi connectivity index (χ1n) is 10.4. The van der Waals surface area contributed by atoms with Crippen molar-refractivity contribution in [3.05, 3.63) is 115 Å². The van der Waals surface area contributed by atoms with Crippen LogP contribution in [0.2, 0.25) is 0 Å². The van der Waals surface area contributed by atoms with E-state index in [9.17, 15) is 21.6 Å². The van der Waals surface area contributed by atoms with Crippen LogP contribution in [0.1, 0.15) is 5.56 Å². The number of rotatable bonds is 7. The van der Waals surface area contributed by atoms with Gasteiger partial charge in [-0.2, -0.15) is 13.2 Å².